The van der Waals surface area contributed by atoms with Gasteiger partial charge in [-0.25, -0.2) is 23.3 Å². The van der Waals surface area contributed by atoms with Crippen molar-refractivity contribution in [2.24, 2.45) is 0 Å². The molecule has 0 unspecified atom stereocenters. The Balaban J connectivity index is 1.45. The molecule has 0 spiro atoms. The molecule has 1 N–H and O–H groups in total. The van der Waals surface area contributed by atoms with Crippen LogP contribution < -0.4 is 4.90 Å². The van der Waals surface area contributed by atoms with Gasteiger partial charge in [-0.05, 0) is 30.3 Å². The molecular weight excluding hydrogens is 437 g/mol. The number of imidazole rings is 1. The zero-order valence-corrected chi connectivity index (χ0v) is 16.9. The van der Waals surface area contributed by atoms with Gasteiger partial charge in [0.1, 0.15) is 11.7 Å². The van der Waals surface area contributed by atoms with Crippen molar-refractivity contribution in [1.82, 2.24) is 34.8 Å². The molecule has 5 aromatic heterocycles. The summed E-state index contributed by atoms with van der Waals surface area (Å²) in [5.74, 6) is -0.602. The first-order chi connectivity index (χ1) is 16.1. The summed E-state index contributed by atoms with van der Waals surface area (Å²) in [6.45, 7) is 0.480. The van der Waals surface area contributed by atoms with Gasteiger partial charge in [-0.3, -0.25) is 0 Å². The number of nitrogens with one attached hydrogen (secondary N) is 1. The average Bonchev–Trinajstić information content (AvgIpc) is 3.56. The van der Waals surface area contributed by atoms with Crippen LogP contribution in [-0.4, -0.2) is 41.3 Å². The highest BCUT2D eigenvalue weighted by atomic mass is 19.3. The fraction of sp³-hybridized carbons (Fsp3) is 0.190. The second-order valence-electron chi connectivity index (χ2n) is 7.51. The normalized spacial score (nSPS) is 16.0. The summed E-state index contributed by atoms with van der Waals surface area (Å²) in [6, 6.07) is 8.42. The Hall–Kier alpha value is -4.22. The van der Waals surface area contributed by atoms with Gasteiger partial charge in [0.15, 0.2) is 0 Å². The Labute approximate surface area is 183 Å². The molecule has 6 rings (SSSR count). The number of aromatic amines is 1. The van der Waals surface area contributed by atoms with E-state index in [1.54, 1.807) is 24.7 Å². The summed E-state index contributed by atoms with van der Waals surface area (Å²) in [4.78, 5) is 13.2. The highest BCUT2D eigenvalue weighted by Gasteiger charge is 2.36. The molecule has 0 saturated heterocycles. The second kappa shape index (κ2) is 7.43. The van der Waals surface area contributed by atoms with Gasteiger partial charge in [0, 0.05) is 30.4 Å². The number of hydrogen-bond donors (Lipinski definition) is 1. The lowest BCUT2D eigenvalue weighted by atomic mass is 10.00. The van der Waals surface area contributed by atoms with E-state index in [4.69, 9.17) is 4.42 Å². The average molecular weight is 452 g/mol. The largest absolute Gasteiger partial charge is 0.402 e. The molecule has 5 aromatic rings. The lowest BCUT2D eigenvalue weighted by Crippen LogP contribution is -2.36. The molecule has 0 aromatic carbocycles. The monoisotopic (exact) mass is 452 g/mol. The number of nitrogens with zero attached hydrogens (tertiary/aromatic N) is 7. The van der Waals surface area contributed by atoms with E-state index in [-0.39, 0.29) is 23.2 Å². The van der Waals surface area contributed by atoms with Crippen LogP contribution in [0, 0.1) is 5.95 Å². The molecule has 1 aliphatic rings. The van der Waals surface area contributed by atoms with Gasteiger partial charge in [0.25, 0.3) is 12.3 Å². The molecule has 1 aliphatic heterocycles. The highest BCUT2D eigenvalue weighted by Crippen LogP contribution is 2.37. The third kappa shape index (κ3) is 3.22. The fourth-order valence-corrected chi connectivity index (χ4v) is 4.12. The molecule has 1 atom stereocenters. The maximum atomic E-state index is 13.5. The number of hydrogen-bond acceptors (Lipinski definition) is 7. The minimum Gasteiger partial charge on any atom is -0.402 e. The minimum absolute atomic E-state index is 0.0612. The van der Waals surface area contributed by atoms with Crippen molar-refractivity contribution < 1.29 is 17.6 Å². The molecule has 6 heterocycles. The highest BCUT2D eigenvalue weighted by molar-refractivity contribution is 5.58. The molecule has 0 saturated carbocycles. The van der Waals surface area contributed by atoms with Crippen molar-refractivity contribution in [2.75, 3.05) is 11.4 Å². The number of alkyl halides is 2. The van der Waals surface area contributed by atoms with Crippen LogP contribution in [0.4, 0.5) is 19.2 Å². The van der Waals surface area contributed by atoms with Gasteiger partial charge in [0.05, 0.1) is 23.2 Å². The van der Waals surface area contributed by atoms with Crippen molar-refractivity contribution >= 4 is 11.5 Å². The number of fused-ring (bicyclic) bond motifs is 2. The van der Waals surface area contributed by atoms with E-state index >= 15 is 0 Å². The summed E-state index contributed by atoms with van der Waals surface area (Å²) in [6.07, 6.45) is 1.18. The van der Waals surface area contributed by atoms with E-state index < -0.39 is 18.4 Å². The Morgan fingerprint density at radius 3 is 2.91 bits per heavy atom. The van der Waals surface area contributed by atoms with Crippen molar-refractivity contribution in [3.05, 3.63) is 77.5 Å². The van der Waals surface area contributed by atoms with Gasteiger partial charge in [-0.15, -0.1) is 5.10 Å². The quantitative estimate of drug-likeness (QED) is 0.415. The third-order valence-electron chi connectivity index (χ3n) is 5.59. The van der Waals surface area contributed by atoms with Crippen LogP contribution in [0.15, 0.2) is 53.3 Å². The molecule has 33 heavy (non-hydrogen) atoms. The topological polar surface area (TPSA) is 101 Å². The van der Waals surface area contributed by atoms with Crippen molar-refractivity contribution in [2.45, 2.75) is 18.9 Å². The number of rotatable bonds is 4. The fourth-order valence-electron chi connectivity index (χ4n) is 4.12. The standard InChI is InChI=1S/C21H15F3N8O/c22-16-5-1-4-13(27-16)20-28-29-21(33-20)31-8-6-12-17(26-10-25-12)18(31)14-9-15-11(19(23)24)3-2-7-32(15)30-14/h1-5,7,9-10,18-19H,6,8H2,(H,25,26)/t18-/m1/s1. The van der Waals surface area contributed by atoms with Crippen LogP contribution in [0.25, 0.3) is 17.1 Å². The molecule has 9 nitrogen and oxygen atoms in total. The maximum absolute atomic E-state index is 13.5. The van der Waals surface area contributed by atoms with Gasteiger partial charge < -0.3 is 14.3 Å². The maximum Gasteiger partial charge on any atom is 0.319 e. The first-order valence-electron chi connectivity index (χ1n) is 10.1. The van der Waals surface area contributed by atoms with Crippen molar-refractivity contribution in [3.63, 3.8) is 0 Å². The van der Waals surface area contributed by atoms with E-state index in [2.05, 4.69) is 30.2 Å². The van der Waals surface area contributed by atoms with E-state index in [1.165, 1.54) is 28.8 Å². The minimum atomic E-state index is -2.64. The van der Waals surface area contributed by atoms with E-state index in [0.29, 0.717) is 29.9 Å². The number of aromatic nitrogens is 7. The van der Waals surface area contributed by atoms with Crippen LogP contribution in [0.2, 0.25) is 0 Å². The van der Waals surface area contributed by atoms with Crippen LogP contribution in [0.5, 0.6) is 0 Å². The van der Waals surface area contributed by atoms with Crippen molar-refractivity contribution in [1.29, 1.82) is 0 Å². The number of anilines is 1. The summed E-state index contributed by atoms with van der Waals surface area (Å²) >= 11 is 0. The molecule has 0 bridgehead atoms. The lowest BCUT2D eigenvalue weighted by molar-refractivity contribution is 0.152. The first kappa shape index (κ1) is 19.5. The molecular formula is C21H15F3N8O. The lowest BCUT2D eigenvalue weighted by Gasteiger charge is -2.32. The van der Waals surface area contributed by atoms with Gasteiger partial charge >= 0.3 is 6.01 Å². The predicted molar refractivity (Wildman–Crippen MR) is 109 cm³/mol. The number of halogens is 3. The SMILES string of the molecule is Fc1cccc(-c2nnc(N3CCc4[nH]cnc4[C@H]3c3cc4c(C(F)F)cccn4n3)o2)n1. The van der Waals surface area contributed by atoms with Crippen LogP contribution in [-0.2, 0) is 6.42 Å². The zero-order chi connectivity index (χ0) is 22.5. The molecule has 0 fully saturated rings. The second-order valence-corrected chi connectivity index (χ2v) is 7.51. The van der Waals surface area contributed by atoms with Crippen molar-refractivity contribution in [3.8, 4) is 11.6 Å². The first-order valence-corrected chi connectivity index (χ1v) is 10.1. The van der Waals surface area contributed by atoms with Gasteiger partial charge in [-0.1, -0.05) is 11.2 Å². The summed E-state index contributed by atoms with van der Waals surface area (Å²) in [7, 11) is 0. The summed E-state index contributed by atoms with van der Waals surface area (Å²) in [5, 5.41) is 12.7. The summed E-state index contributed by atoms with van der Waals surface area (Å²) < 4.78 is 47.9. The molecule has 0 radical (unpaired) electrons. The predicted octanol–water partition coefficient (Wildman–Crippen LogP) is 3.73. The van der Waals surface area contributed by atoms with E-state index in [9.17, 15) is 13.2 Å². The Kier molecular flexibility index (Phi) is 4.38. The van der Waals surface area contributed by atoms with Crippen LogP contribution in [0.3, 0.4) is 0 Å². The van der Waals surface area contributed by atoms with Gasteiger partial charge in [0.2, 0.25) is 5.95 Å². The van der Waals surface area contributed by atoms with E-state index in [0.717, 1.165) is 5.69 Å². The summed E-state index contributed by atoms with van der Waals surface area (Å²) in [5.41, 5.74) is 2.50. The Bertz CT molecular complexity index is 1460. The van der Waals surface area contributed by atoms with Crippen LogP contribution in [0.1, 0.15) is 35.1 Å². The molecule has 0 amide bonds. The Morgan fingerprint density at radius 1 is 1.15 bits per heavy atom. The third-order valence-corrected chi connectivity index (χ3v) is 5.59. The zero-order valence-electron chi connectivity index (χ0n) is 16.9. The van der Waals surface area contributed by atoms with E-state index in [1.807, 2.05) is 4.90 Å². The van der Waals surface area contributed by atoms with Crippen LogP contribution >= 0.6 is 0 Å². The smallest absolute Gasteiger partial charge is 0.319 e. The number of H-pyrrole nitrogens is 1. The van der Waals surface area contributed by atoms with Gasteiger partial charge in [-0.2, -0.15) is 9.49 Å². The Morgan fingerprint density at radius 2 is 2.06 bits per heavy atom. The molecule has 166 valence electrons. The number of pyridine rings is 2. The molecule has 0 aliphatic carbocycles. The molecule has 12 heteroatoms.